The van der Waals surface area contributed by atoms with Crippen molar-refractivity contribution in [2.24, 2.45) is 5.92 Å². The SMILES string of the molecule is O=C(N1CCO[C@@H]2C[C@H](COCc3ccncc3)C[C@@H]21)C1(F)CCC1. The smallest absolute Gasteiger partial charge is 0.260 e. The van der Waals surface area contributed by atoms with Crippen LogP contribution in [0.5, 0.6) is 0 Å². The van der Waals surface area contributed by atoms with Gasteiger partial charge in [-0.25, -0.2) is 4.39 Å². The number of ether oxygens (including phenoxy) is 2. The fourth-order valence-corrected chi connectivity index (χ4v) is 4.22. The molecule has 3 atom stereocenters. The number of morpholine rings is 1. The molecule has 1 saturated heterocycles. The van der Waals surface area contributed by atoms with E-state index >= 15 is 0 Å². The highest BCUT2D eigenvalue weighted by atomic mass is 19.1. The van der Waals surface area contributed by atoms with Crippen LogP contribution < -0.4 is 0 Å². The van der Waals surface area contributed by atoms with Gasteiger partial charge in [-0.1, -0.05) is 0 Å². The minimum Gasteiger partial charge on any atom is -0.376 e. The number of aromatic nitrogens is 1. The molecule has 3 aliphatic rings. The number of nitrogens with zero attached hydrogens (tertiary/aromatic N) is 2. The van der Waals surface area contributed by atoms with E-state index in [1.54, 1.807) is 17.3 Å². The normalized spacial score (nSPS) is 30.6. The van der Waals surface area contributed by atoms with Crippen LogP contribution in [-0.2, 0) is 20.9 Å². The molecule has 0 bridgehead atoms. The Morgan fingerprint density at radius 1 is 1.36 bits per heavy atom. The monoisotopic (exact) mass is 348 g/mol. The van der Waals surface area contributed by atoms with E-state index in [-0.39, 0.29) is 18.1 Å². The number of carbonyl (C=O) groups is 1. The highest BCUT2D eigenvalue weighted by Gasteiger charge is 2.51. The molecule has 5 nitrogen and oxygen atoms in total. The van der Waals surface area contributed by atoms with Crippen molar-refractivity contribution < 1.29 is 18.7 Å². The van der Waals surface area contributed by atoms with Crippen LogP contribution >= 0.6 is 0 Å². The Morgan fingerprint density at radius 2 is 2.16 bits per heavy atom. The number of carbonyl (C=O) groups excluding carboxylic acids is 1. The summed E-state index contributed by atoms with van der Waals surface area (Å²) in [7, 11) is 0. The molecule has 6 heteroatoms. The van der Waals surface area contributed by atoms with Crippen molar-refractivity contribution in [3.63, 3.8) is 0 Å². The topological polar surface area (TPSA) is 51.7 Å². The number of alkyl halides is 1. The van der Waals surface area contributed by atoms with Gasteiger partial charge in [0.1, 0.15) is 0 Å². The lowest BCUT2D eigenvalue weighted by atomic mass is 9.80. The molecule has 0 spiro atoms. The average molecular weight is 348 g/mol. The van der Waals surface area contributed by atoms with E-state index in [2.05, 4.69) is 4.98 Å². The summed E-state index contributed by atoms with van der Waals surface area (Å²) in [5.41, 5.74) is -0.513. The molecular weight excluding hydrogens is 323 g/mol. The summed E-state index contributed by atoms with van der Waals surface area (Å²) >= 11 is 0. The predicted molar refractivity (Wildman–Crippen MR) is 89.5 cm³/mol. The quantitative estimate of drug-likeness (QED) is 0.820. The van der Waals surface area contributed by atoms with Gasteiger partial charge in [0.2, 0.25) is 0 Å². The van der Waals surface area contributed by atoms with E-state index in [4.69, 9.17) is 9.47 Å². The molecule has 0 radical (unpaired) electrons. The predicted octanol–water partition coefficient (Wildman–Crippen LogP) is 2.50. The molecule has 3 fully saturated rings. The Morgan fingerprint density at radius 3 is 2.88 bits per heavy atom. The van der Waals surface area contributed by atoms with Crippen LogP contribution in [0.4, 0.5) is 4.39 Å². The van der Waals surface area contributed by atoms with Crippen molar-refractivity contribution in [2.75, 3.05) is 19.8 Å². The van der Waals surface area contributed by atoms with Crippen molar-refractivity contribution >= 4 is 5.91 Å². The average Bonchev–Trinajstić information content (AvgIpc) is 3.03. The van der Waals surface area contributed by atoms with Gasteiger partial charge < -0.3 is 14.4 Å². The molecule has 136 valence electrons. The van der Waals surface area contributed by atoms with Crippen molar-refractivity contribution in [3.8, 4) is 0 Å². The first-order valence-corrected chi connectivity index (χ1v) is 9.24. The summed E-state index contributed by atoms with van der Waals surface area (Å²) < 4.78 is 26.3. The fraction of sp³-hybridized carbons (Fsp3) is 0.684. The van der Waals surface area contributed by atoms with E-state index in [0.717, 1.165) is 24.8 Å². The zero-order chi connectivity index (χ0) is 17.3. The van der Waals surface area contributed by atoms with Gasteiger partial charge in [0, 0.05) is 18.9 Å². The molecule has 1 amide bonds. The summed E-state index contributed by atoms with van der Waals surface area (Å²) in [6.45, 7) is 2.22. The lowest BCUT2D eigenvalue weighted by Crippen LogP contribution is -2.58. The molecule has 1 aromatic heterocycles. The third-order valence-electron chi connectivity index (χ3n) is 5.80. The molecule has 1 aromatic rings. The maximum atomic E-state index is 14.6. The Kier molecular flexibility index (Phi) is 4.73. The van der Waals surface area contributed by atoms with Gasteiger partial charge in [-0.3, -0.25) is 9.78 Å². The lowest BCUT2D eigenvalue weighted by molar-refractivity contribution is -0.162. The Bertz CT molecular complexity index is 608. The maximum Gasteiger partial charge on any atom is 0.260 e. The third kappa shape index (κ3) is 3.42. The molecule has 2 aliphatic carbocycles. The number of fused-ring (bicyclic) bond motifs is 1. The highest BCUT2D eigenvalue weighted by molar-refractivity contribution is 5.86. The summed E-state index contributed by atoms with van der Waals surface area (Å²) in [6, 6.07) is 3.89. The maximum absolute atomic E-state index is 14.6. The number of hydrogen-bond acceptors (Lipinski definition) is 4. The molecule has 1 aliphatic heterocycles. The number of halogens is 1. The van der Waals surface area contributed by atoms with Crippen LogP contribution in [0.15, 0.2) is 24.5 Å². The molecule has 4 rings (SSSR count). The molecule has 0 N–H and O–H groups in total. The highest BCUT2D eigenvalue weighted by Crippen LogP contribution is 2.41. The molecule has 25 heavy (non-hydrogen) atoms. The number of amides is 1. The summed E-state index contributed by atoms with van der Waals surface area (Å²) in [5, 5.41) is 0. The number of hydrogen-bond donors (Lipinski definition) is 0. The van der Waals surface area contributed by atoms with Gasteiger partial charge in [0.15, 0.2) is 5.67 Å². The van der Waals surface area contributed by atoms with Gasteiger partial charge >= 0.3 is 0 Å². The standard InChI is InChI=1S/C19H25FN2O3/c20-19(4-1-5-19)18(23)22-8-9-25-17-11-15(10-16(17)22)13-24-12-14-2-6-21-7-3-14/h2-3,6-7,15-17H,1,4-5,8-13H2/t15-,16+,17-/m1/s1. The van der Waals surface area contributed by atoms with Crippen LogP contribution in [0.1, 0.15) is 37.7 Å². The van der Waals surface area contributed by atoms with Crippen LogP contribution in [0.3, 0.4) is 0 Å². The Hall–Kier alpha value is -1.53. The summed E-state index contributed by atoms with van der Waals surface area (Å²) in [5.74, 6) is 0.0394. The van der Waals surface area contributed by atoms with E-state index in [1.165, 1.54) is 0 Å². The van der Waals surface area contributed by atoms with Crippen LogP contribution in [-0.4, -0.2) is 53.4 Å². The minimum absolute atomic E-state index is 0.00370. The van der Waals surface area contributed by atoms with E-state index < -0.39 is 5.67 Å². The summed E-state index contributed by atoms with van der Waals surface area (Å²) in [6.07, 6.45) is 6.81. The van der Waals surface area contributed by atoms with E-state index in [9.17, 15) is 9.18 Å². The van der Waals surface area contributed by atoms with Gasteiger partial charge in [0.25, 0.3) is 5.91 Å². The molecular formula is C19H25FN2O3. The van der Waals surface area contributed by atoms with Gasteiger partial charge in [0.05, 0.1) is 32.0 Å². The summed E-state index contributed by atoms with van der Waals surface area (Å²) in [4.78, 5) is 18.4. The van der Waals surface area contributed by atoms with Gasteiger partial charge in [-0.05, 0) is 55.7 Å². The second-order valence-corrected chi connectivity index (χ2v) is 7.50. The van der Waals surface area contributed by atoms with Crippen LogP contribution in [0, 0.1) is 5.92 Å². The largest absolute Gasteiger partial charge is 0.376 e. The molecule has 0 unspecified atom stereocenters. The third-order valence-corrected chi connectivity index (χ3v) is 5.80. The number of rotatable bonds is 5. The zero-order valence-corrected chi connectivity index (χ0v) is 14.4. The Labute approximate surface area is 147 Å². The first-order chi connectivity index (χ1) is 12.2. The van der Waals surface area contributed by atoms with E-state index in [0.29, 0.717) is 45.1 Å². The van der Waals surface area contributed by atoms with Gasteiger partial charge in [-0.2, -0.15) is 0 Å². The molecule has 2 saturated carbocycles. The van der Waals surface area contributed by atoms with Crippen molar-refractivity contribution in [3.05, 3.63) is 30.1 Å². The van der Waals surface area contributed by atoms with Gasteiger partial charge in [-0.15, -0.1) is 0 Å². The minimum atomic E-state index is -1.61. The lowest BCUT2D eigenvalue weighted by Gasteiger charge is -2.43. The first-order valence-electron chi connectivity index (χ1n) is 9.24. The zero-order valence-electron chi connectivity index (χ0n) is 14.4. The van der Waals surface area contributed by atoms with Crippen molar-refractivity contribution in [2.45, 2.75) is 56.5 Å². The van der Waals surface area contributed by atoms with Crippen molar-refractivity contribution in [1.29, 1.82) is 0 Å². The number of pyridine rings is 1. The van der Waals surface area contributed by atoms with Crippen molar-refractivity contribution in [1.82, 2.24) is 9.88 Å². The Balaban J connectivity index is 1.32. The second-order valence-electron chi connectivity index (χ2n) is 7.50. The fourth-order valence-electron chi connectivity index (χ4n) is 4.22. The molecule has 0 aromatic carbocycles. The van der Waals surface area contributed by atoms with Crippen LogP contribution in [0.25, 0.3) is 0 Å². The second kappa shape index (κ2) is 7.00. The first kappa shape index (κ1) is 16.9. The van der Waals surface area contributed by atoms with E-state index in [1.807, 2.05) is 12.1 Å². The van der Waals surface area contributed by atoms with Crippen LogP contribution in [0.2, 0.25) is 0 Å². The molecule has 2 heterocycles.